The molecule has 112 valence electrons. The van der Waals surface area contributed by atoms with E-state index in [1.165, 1.54) is 11.8 Å². The van der Waals surface area contributed by atoms with Gasteiger partial charge in [-0.25, -0.2) is 0 Å². The van der Waals surface area contributed by atoms with Gasteiger partial charge in [-0.3, -0.25) is 4.79 Å². The van der Waals surface area contributed by atoms with Crippen LogP contribution < -0.4 is 5.73 Å². The second-order valence-corrected chi connectivity index (χ2v) is 5.54. The Kier molecular flexibility index (Phi) is 3.97. The maximum Gasteiger partial charge on any atom is 0.277 e. The third kappa shape index (κ3) is 3.04. The average Bonchev–Trinajstić information content (AvgIpc) is 3.14. The SMILES string of the molecule is Cc1occc1-c1nnc(SCc2ccc(C(N)=O)cc2)o1. The number of aryl methyl sites for hydroxylation is 1. The molecule has 0 bridgehead atoms. The van der Waals surface area contributed by atoms with E-state index in [1.807, 2.05) is 19.1 Å². The van der Waals surface area contributed by atoms with Crippen molar-refractivity contribution in [3.8, 4) is 11.5 Å². The molecule has 2 N–H and O–H groups in total. The predicted octanol–water partition coefficient (Wildman–Crippen LogP) is 3.03. The number of hydrogen-bond donors (Lipinski definition) is 1. The summed E-state index contributed by atoms with van der Waals surface area (Å²) in [5, 5.41) is 8.50. The summed E-state index contributed by atoms with van der Waals surface area (Å²) in [5.41, 5.74) is 7.53. The number of benzene rings is 1. The van der Waals surface area contributed by atoms with Crippen molar-refractivity contribution in [3.63, 3.8) is 0 Å². The molecule has 3 aromatic rings. The number of carbonyl (C=O) groups excluding carboxylic acids is 1. The Hall–Kier alpha value is -2.54. The van der Waals surface area contributed by atoms with Crippen LogP contribution in [-0.4, -0.2) is 16.1 Å². The third-order valence-corrected chi connectivity index (χ3v) is 3.99. The highest BCUT2D eigenvalue weighted by atomic mass is 32.2. The number of primary amides is 1. The fourth-order valence-electron chi connectivity index (χ4n) is 1.89. The van der Waals surface area contributed by atoms with Crippen molar-refractivity contribution in [2.24, 2.45) is 5.73 Å². The zero-order valence-electron chi connectivity index (χ0n) is 11.8. The third-order valence-electron chi connectivity index (χ3n) is 3.10. The van der Waals surface area contributed by atoms with Crippen LogP contribution in [0, 0.1) is 6.92 Å². The lowest BCUT2D eigenvalue weighted by molar-refractivity contribution is 0.100. The zero-order chi connectivity index (χ0) is 15.5. The van der Waals surface area contributed by atoms with Gasteiger partial charge < -0.3 is 14.6 Å². The monoisotopic (exact) mass is 315 g/mol. The Morgan fingerprint density at radius 2 is 2.00 bits per heavy atom. The highest BCUT2D eigenvalue weighted by molar-refractivity contribution is 7.98. The van der Waals surface area contributed by atoms with Gasteiger partial charge in [0, 0.05) is 11.3 Å². The maximum atomic E-state index is 11.0. The summed E-state index contributed by atoms with van der Waals surface area (Å²) in [4.78, 5) is 11.0. The fourth-order valence-corrected chi connectivity index (χ4v) is 2.61. The van der Waals surface area contributed by atoms with E-state index >= 15 is 0 Å². The molecule has 0 saturated carbocycles. The number of aromatic nitrogens is 2. The summed E-state index contributed by atoms with van der Waals surface area (Å²) in [6.45, 7) is 1.84. The molecule has 2 heterocycles. The quantitative estimate of drug-likeness (QED) is 0.727. The van der Waals surface area contributed by atoms with Crippen LogP contribution in [0.4, 0.5) is 0 Å². The van der Waals surface area contributed by atoms with E-state index in [1.54, 1.807) is 24.5 Å². The van der Waals surface area contributed by atoms with Gasteiger partial charge in [-0.05, 0) is 30.7 Å². The van der Waals surface area contributed by atoms with Gasteiger partial charge in [0.2, 0.25) is 5.91 Å². The van der Waals surface area contributed by atoms with Crippen molar-refractivity contribution in [1.82, 2.24) is 10.2 Å². The highest BCUT2D eigenvalue weighted by Crippen LogP contribution is 2.27. The molecular formula is C15H13N3O3S. The van der Waals surface area contributed by atoms with Gasteiger partial charge in [-0.1, -0.05) is 23.9 Å². The van der Waals surface area contributed by atoms with Gasteiger partial charge in [0.05, 0.1) is 11.8 Å². The molecule has 0 aliphatic carbocycles. The van der Waals surface area contributed by atoms with Gasteiger partial charge >= 0.3 is 0 Å². The molecule has 0 fully saturated rings. The van der Waals surface area contributed by atoms with Crippen molar-refractivity contribution in [3.05, 3.63) is 53.5 Å². The predicted molar refractivity (Wildman–Crippen MR) is 81.3 cm³/mol. The number of nitrogens with two attached hydrogens (primary N) is 1. The molecule has 1 amide bonds. The van der Waals surface area contributed by atoms with Crippen molar-refractivity contribution in [1.29, 1.82) is 0 Å². The molecule has 6 nitrogen and oxygen atoms in total. The second kappa shape index (κ2) is 6.07. The molecule has 7 heteroatoms. The van der Waals surface area contributed by atoms with Crippen molar-refractivity contribution in [2.45, 2.75) is 17.9 Å². The lowest BCUT2D eigenvalue weighted by atomic mass is 10.1. The van der Waals surface area contributed by atoms with Gasteiger partial charge in [0.25, 0.3) is 11.1 Å². The van der Waals surface area contributed by atoms with Gasteiger partial charge in [-0.15, -0.1) is 10.2 Å². The van der Waals surface area contributed by atoms with E-state index in [0.29, 0.717) is 22.4 Å². The minimum absolute atomic E-state index is 0.434. The molecule has 0 aliphatic rings. The molecule has 0 aliphatic heterocycles. The van der Waals surface area contributed by atoms with Crippen LogP contribution in [0.2, 0.25) is 0 Å². The van der Waals surface area contributed by atoms with E-state index in [4.69, 9.17) is 14.6 Å². The molecule has 0 unspecified atom stereocenters. The summed E-state index contributed by atoms with van der Waals surface area (Å²) in [6, 6.07) is 8.90. The molecular weight excluding hydrogens is 302 g/mol. The molecule has 0 radical (unpaired) electrons. The Morgan fingerprint density at radius 3 is 2.64 bits per heavy atom. The van der Waals surface area contributed by atoms with E-state index in [0.717, 1.165) is 16.9 Å². The van der Waals surface area contributed by atoms with E-state index < -0.39 is 5.91 Å². The summed E-state index contributed by atoms with van der Waals surface area (Å²) >= 11 is 1.42. The molecule has 22 heavy (non-hydrogen) atoms. The van der Waals surface area contributed by atoms with E-state index in [2.05, 4.69) is 10.2 Å². The second-order valence-electron chi connectivity index (χ2n) is 4.61. The molecule has 1 aromatic carbocycles. The van der Waals surface area contributed by atoms with Crippen LogP contribution >= 0.6 is 11.8 Å². The Morgan fingerprint density at radius 1 is 1.23 bits per heavy atom. The zero-order valence-corrected chi connectivity index (χ0v) is 12.6. The minimum atomic E-state index is -0.434. The van der Waals surface area contributed by atoms with E-state index in [-0.39, 0.29) is 0 Å². The molecule has 2 aromatic heterocycles. The summed E-state index contributed by atoms with van der Waals surface area (Å²) < 4.78 is 10.8. The summed E-state index contributed by atoms with van der Waals surface area (Å²) in [7, 11) is 0. The Balaban J connectivity index is 1.66. The van der Waals surface area contributed by atoms with Crippen molar-refractivity contribution in [2.75, 3.05) is 0 Å². The fraction of sp³-hybridized carbons (Fsp3) is 0.133. The topological polar surface area (TPSA) is 95.1 Å². The van der Waals surface area contributed by atoms with Crippen LogP contribution in [0.25, 0.3) is 11.5 Å². The maximum absolute atomic E-state index is 11.0. The molecule has 0 atom stereocenters. The number of thioether (sulfide) groups is 1. The highest BCUT2D eigenvalue weighted by Gasteiger charge is 2.13. The molecule has 0 spiro atoms. The average molecular weight is 315 g/mol. The first-order chi connectivity index (χ1) is 10.6. The Labute approximate surface area is 130 Å². The Bertz CT molecular complexity index is 792. The van der Waals surface area contributed by atoms with Gasteiger partial charge in [0.15, 0.2) is 0 Å². The number of rotatable bonds is 5. The summed E-state index contributed by atoms with van der Waals surface area (Å²) in [6.07, 6.45) is 1.59. The first-order valence-corrected chi connectivity index (χ1v) is 7.51. The van der Waals surface area contributed by atoms with E-state index in [9.17, 15) is 4.79 Å². The lowest BCUT2D eigenvalue weighted by Gasteiger charge is -1.99. The van der Waals surface area contributed by atoms with Crippen LogP contribution in [-0.2, 0) is 5.75 Å². The molecule has 3 rings (SSSR count). The van der Waals surface area contributed by atoms with Crippen LogP contribution in [0.5, 0.6) is 0 Å². The van der Waals surface area contributed by atoms with Gasteiger partial charge in [-0.2, -0.15) is 0 Å². The van der Waals surface area contributed by atoms with Crippen LogP contribution in [0.15, 0.2) is 50.7 Å². The number of amides is 1. The largest absolute Gasteiger partial charge is 0.469 e. The number of nitrogens with zero attached hydrogens (tertiary/aromatic N) is 2. The number of furan rings is 1. The lowest BCUT2D eigenvalue weighted by Crippen LogP contribution is -2.10. The summed E-state index contributed by atoms with van der Waals surface area (Å²) in [5.74, 6) is 1.40. The minimum Gasteiger partial charge on any atom is -0.469 e. The van der Waals surface area contributed by atoms with Crippen LogP contribution in [0.3, 0.4) is 0 Å². The number of hydrogen-bond acceptors (Lipinski definition) is 6. The first-order valence-electron chi connectivity index (χ1n) is 6.53. The number of carbonyl (C=O) groups is 1. The van der Waals surface area contributed by atoms with Crippen LogP contribution in [0.1, 0.15) is 21.7 Å². The molecule has 0 saturated heterocycles. The van der Waals surface area contributed by atoms with Gasteiger partial charge in [0.1, 0.15) is 5.76 Å². The van der Waals surface area contributed by atoms with Crippen molar-refractivity contribution < 1.29 is 13.6 Å². The van der Waals surface area contributed by atoms with Crippen molar-refractivity contribution >= 4 is 17.7 Å². The smallest absolute Gasteiger partial charge is 0.277 e. The standard InChI is InChI=1S/C15H13N3O3S/c1-9-12(6-7-20-9)14-17-18-15(21-14)22-8-10-2-4-11(5-3-10)13(16)19/h2-7H,8H2,1H3,(H2,16,19). The normalized spacial score (nSPS) is 10.8. The first kappa shape index (κ1) is 14.4.